The Labute approximate surface area is 202 Å². The summed E-state index contributed by atoms with van der Waals surface area (Å²) in [5.74, 6) is 5.49. The summed E-state index contributed by atoms with van der Waals surface area (Å²) in [6.07, 6.45) is -3.71. The van der Waals surface area contributed by atoms with Gasteiger partial charge in [0.25, 0.3) is 6.71 Å². The molecule has 12 heteroatoms. The molecule has 0 saturated carbocycles. The van der Waals surface area contributed by atoms with E-state index in [1.807, 2.05) is 0 Å². The summed E-state index contributed by atoms with van der Waals surface area (Å²) in [7, 11) is -0.794. The molecule has 1 atom stereocenters. The number of nitriles is 1. The fourth-order valence-electron chi connectivity index (χ4n) is 3.93. The van der Waals surface area contributed by atoms with Crippen molar-refractivity contribution in [2.45, 2.75) is 31.8 Å². The van der Waals surface area contributed by atoms with Crippen molar-refractivity contribution in [2.75, 3.05) is 17.4 Å². The van der Waals surface area contributed by atoms with Gasteiger partial charge in [0.05, 0.1) is 17.9 Å². The lowest BCUT2D eigenvalue weighted by atomic mass is 9.45. The number of halogens is 5. The molecule has 0 spiro atoms. The molecule has 2 aromatic carbocycles. The SMILES string of the molecule is C=S(N1CCB(C#N)CC1)N(Cc1ccc(C2=NN=C(C(F)(F)F)C2)cc1F)c1cccc(F)c1. The standard InChI is InChI=1S/C23H21BF5N5S/c1-35(33-9-7-24(15-30)8-10-33)34(19-4-2-3-18(25)12-19)14-17-6-5-16(11-20(17)26)21-13-22(32-31-21)23(27,28)29/h2-6,11-12H,1,7-10,13-14H2. The van der Waals surface area contributed by atoms with Crippen molar-refractivity contribution >= 4 is 40.6 Å². The van der Waals surface area contributed by atoms with Crippen molar-refractivity contribution in [1.82, 2.24) is 4.31 Å². The second-order valence-electron chi connectivity index (χ2n) is 8.26. The van der Waals surface area contributed by atoms with Gasteiger partial charge in [0.15, 0.2) is 0 Å². The average molecular weight is 505 g/mol. The molecule has 0 aliphatic carbocycles. The topological polar surface area (TPSA) is 55.0 Å². The fraction of sp³-hybridized carbons (Fsp3) is 0.304. The zero-order valence-corrected chi connectivity index (χ0v) is 19.4. The minimum Gasteiger partial charge on any atom is -0.306 e. The number of benzene rings is 2. The Morgan fingerprint density at radius 1 is 1.11 bits per heavy atom. The molecule has 0 bridgehead atoms. The summed E-state index contributed by atoms with van der Waals surface area (Å²) in [6, 6.07) is 10.1. The second kappa shape index (κ2) is 10.3. The van der Waals surface area contributed by atoms with Crippen LogP contribution in [0.4, 0.5) is 27.6 Å². The molecule has 1 saturated heterocycles. The van der Waals surface area contributed by atoms with Gasteiger partial charge in [-0.25, -0.2) is 18.3 Å². The first-order valence-electron chi connectivity index (χ1n) is 10.9. The van der Waals surface area contributed by atoms with Crippen molar-refractivity contribution in [3.63, 3.8) is 0 Å². The lowest BCUT2D eigenvalue weighted by molar-refractivity contribution is -0.0596. The summed E-state index contributed by atoms with van der Waals surface area (Å²) in [5, 5.41) is 15.9. The van der Waals surface area contributed by atoms with Crippen molar-refractivity contribution in [1.29, 1.82) is 5.26 Å². The quantitative estimate of drug-likeness (QED) is 0.297. The van der Waals surface area contributed by atoms with E-state index in [2.05, 4.69) is 26.3 Å². The minimum atomic E-state index is -4.58. The summed E-state index contributed by atoms with van der Waals surface area (Å²) in [6.45, 7) is 1.33. The molecule has 2 heterocycles. The molecule has 0 N–H and O–H groups in total. The summed E-state index contributed by atoms with van der Waals surface area (Å²) < 4.78 is 71.6. The van der Waals surface area contributed by atoms with Crippen molar-refractivity contribution < 1.29 is 22.0 Å². The van der Waals surface area contributed by atoms with Crippen LogP contribution in [0.2, 0.25) is 12.6 Å². The molecule has 4 rings (SSSR count). The molecule has 5 nitrogen and oxygen atoms in total. The van der Waals surface area contributed by atoms with Crippen molar-refractivity contribution in [3.8, 4) is 5.97 Å². The first kappa shape index (κ1) is 25.1. The van der Waals surface area contributed by atoms with Crippen LogP contribution in [0.5, 0.6) is 0 Å². The third kappa shape index (κ3) is 5.79. The van der Waals surface area contributed by atoms with E-state index in [1.54, 1.807) is 16.4 Å². The van der Waals surface area contributed by atoms with E-state index in [9.17, 15) is 17.6 Å². The van der Waals surface area contributed by atoms with Gasteiger partial charge in [-0.2, -0.15) is 18.3 Å². The van der Waals surface area contributed by atoms with Crippen LogP contribution in [0, 0.1) is 22.9 Å². The Morgan fingerprint density at radius 2 is 1.86 bits per heavy atom. The van der Waals surface area contributed by atoms with Gasteiger partial charge in [-0.1, -0.05) is 18.2 Å². The highest BCUT2D eigenvalue weighted by Crippen LogP contribution is 2.35. The molecule has 0 radical (unpaired) electrons. The van der Waals surface area contributed by atoms with Gasteiger partial charge in [0.2, 0.25) is 0 Å². The van der Waals surface area contributed by atoms with Crippen molar-refractivity contribution in [2.24, 2.45) is 10.2 Å². The van der Waals surface area contributed by atoms with E-state index in [0.717, 1.165) is 6.07 Å². The highest BCUT2D eigenvalue weighted by atomic mass is 32.2. The van der Waals surface area contributed by atoms with Gasteiger partial charge in [-0.3, -0.25) is 0 Å². The number of alkyl halides is 3. The summed E-state index contributed by atoms with van der Waals surface area (Å²) >= 11 is 0. The van der Waals surface area contributed by atoms with Crippen LogP contribution in [0.25, 0.3) is 0 Å². The highest BCUT2D eigenvalue weighted by molar-refractivity contribution is 8.13. The van der Waals surface area contributed by atoms with Crippen LogP contribution in [0.1, 0.15) is 17.5 Å². The van der Waals surface area contributed by atoms with Crippen LogP contribution in [0.3, 0.4) is 0 Å². The maximum absolute atomic E-state index is 15.1. The van der Waals surface area contributed by atoms with Crippen LogP contribution in [0.15, 0.2) is 52.7 Å². The van der Waals surface area contributed by atoms with E-state index in [1.165, 1.54) is 24.3 Å². The maximum Gasteiger partial charge on any atom is 0.431 e. The minimum absolute atomic E-state index is 0.0174. The van der Waals surface area contributed by atoms with Gasteiger partial charge >= 0.3 is 6.18 Å². The van der Waals surface area contributed by atoms with Crippen LogP contribution in [-0.2, 0) is 6.54 Å². The second-order valence-corrected chi connectivity index (χ2v) is 9.90. The average Bonchev–Trinajstić information content (AvgIpc) is 3.34. The molecule has 0 amide bonds. The molecule has 2 aliphatic rings. The maximum atomic E-state index is 15.1. The molecule has 1 unspecified atom stereocenters. The zero-order chi connectivity index (χ0) is 25.2. The Morgan fingerprint density at radius 3 is 2.46 bits per heavy atom. The number of rotatable bonds is 6. The summed E-state index contributed by atoms with van der Waals surface area (Å²) in [5.41, 5.74) is 0.0514. The molecule has 1 fully saturated rings. The number of nitrogens with zero attached hydrogens (tertiary/aromatic N) is 5. The fourth-order valence-corrected chi connectivity index (χ4v) is 5.49. The molecule has 35 heavy (non-hydrogen) atoms. The Hall–Kier alpha value is -3.04. The van der Waals surface area contributed by atoms with Gasteiger partial charge < -0.3 is 4.31 Å². The number of hydrogen-bond donors (Lipinski definition) is 0. The third-order valence-corrected chi connectivity index (χ3v) is 7.75. The van der Waals surface area contributed by atoms with E-state index < -0.39 is 40.8 Å². The Kier molecular flexibility index (Phi) is 7.37. The first-order valence-corrected chi connectivity index (χ1v) is 12.2. The van der Waals surface area contributed by atoms with Crippen LogP contribution in [-0.4, -0.2) is 47.6 Å². The predicted molar refractivity (Wildman–Crippen MR) is 131 cm³/mol. The lowest BCUT2D eigenvalue weighted by Gasteiger charge is -2.37. The van der Waals surface area contributed by atoms with Gasteiger partial charge in [0, 0.05) is 36.6 Å². The molecular formula is C23H21BF5N5S. The first-order chi connectivity index (χ1) is 16.7. The van der Waals surface area contributed by atoms with E-state index in [-0.39, 0.29) is 30.1 Å². The smallest absolute Gasteiger partial charge is 0.306 e. The largest absolute Gasteiger partial charge is 0.431 e. The molecular weight excluding hydrogens is 484 g/mol. The zero-order valence-electron chi connectivity index (χ0n) is 18.6. The van der Waals surface area contributed by atoms with Gasteiger partial charge in [0.1, 0.15) is 17.3 Å². The summed E-state index contributed by atoms with van der Waals surface area (Å²) in [4.78, 5) is 0. The van der Waals surface area contributed by atoms with E-state index >= 15 is 4.39 Å². The third-order valence-electron chi connectivity index (χ3n) is 5.94. The lowest BCUT2D eigenvalue weighted by Crippen LogP contribution is -2.37. The van der Waals surface area contributed by atoms with Crippen LogP contribution < -0.4 is 4.31 Å². The highest BCUT2D eigenvalue weighted by Gasteiger charge is 2.39. The molecule has 0 aromatic heterocycles. The number of anilines is 1. The Bertz CT molecular complexity index is 1230. The van der Waals surface area contributed by atoms with E-state index in [0.29, 0.717) is 31.4 Å². The normalized spacial score (nSPS) is 17.5. The van der Waals surface area contributed by atoms with Crippen molar-refractivity contribution in [3.05, 3.63) is 65.2 Å². The van der Waals surface area contributed by atoms with Crippen LogP contribution >= 0.6 is 10.9 Å². The molecule has 2 aliphatic heterocycles. The van der Waals surface area contributed by atoms with Gasteiger partial charge in [-0.15, -0.1) is 5.10 Å². The molecule has 2 aromatic rings. The van der Waals surface area contributed by atoms with E-state index in [4.69, 9.17) is 5.26 Å². The number of hydrogen-bond acceptors (Lipinski definition) is 5. The predicted octanol–water partition coefficient (Wildman–Crippen LogP) is 5.49. The van der Waals surface area contributed by atoms with Gasteiger partial charge in [-0.05, 0) is 53.6 Å². The monoisotopic (exact) mass is 505 g/mol. The Balaban J connectivity index is 1.56. The molecule has 182 valence electrons.